The van der Waals surface area contributed by atoms with Gasteiger partial charge < -0.3 is 9.16 Å². The third-order valence-corrected chi connectivity index (χ3v) is 6.44. The molecule has 0 atom stereocenters. The molecule has 0 aromatic rings. The van der Waals surface area contributed by atoms with E-state index >= 15 is 0 Å². The molecule has 0 amide bonds. The molecular formula is C11H24O3Si. The Labute approximate surface area is 94.3 Å². The zero-order valence-corrected chi connectivity index (χ0v) is 11.5. The molecule has 0 aliphatic rings. The van der Waals surface area contributed by atoms with Crippen LogP contribution in [-0.4, -0.2) is 21.1 Å². The van der Waals surface area contributed by atoms with Gasteiger partial charge in [-0.05, 0) is 25.1 Å². The molecule has 0 saturated heterocycles. The summed E-state index contributed by atoms with van der Waals surface area (Å²) in [5.74, 6) is 0. The van der Waals surface area contributed by atoms with Gasteiger partial charge in [0, 0.05) is 0 Å². The second-order valence-electron chi connectivity index (χ2n) is 4.06. The normalized spacial score (nSPS) is 11.2. The molecule has 3 nitrogen and oxygen atoms in total. The number of rotatable bonds is 7. The van der Waals surface area contributed by atoms with Crippen LogP contribution >= 0.6 is 0 Å². The Balaban J connectivity index is 3.72. The zero-order chi connectivity index (χ0) is 11.7. The summed E-state index contributed by atoms with van der Waals surface area (Å²) in [5.41, 5.74) is 0. The molecule has 0 unspecified atom stereocenters. The molecule has 0 aliphatic heterocycles. The van der Waals surface area contributed by atoms with Crippen LogP contribution in [0.5, 0.6) is 0 Å². The summed E-state index contributed by atoms with van der Waals surface area (Å²) in [6, 6.07) is 1.90. The highest BCUT2D eigenvalue weighted by Gasteiger charge is 2.29. The molecule has 0 aromatic heterocycles. The molecule has 0 rings (SSSR count). The van der Waals surface area contributed by atoms with Crippen molar-refractivity contribution in [3.63, 3.8) is 0 Å². The maximum Gasteiger partial charge on any atom is 0.494 e. The largest absolute Gasteiger partial charge is 0.494 e. The third kappa shape index (κ3) is 6.55. The van der Waals surface area contributed by atoms with E-state index in [1.54, 1.807) is 0 Å². The van der Waals surface area contributed by atoms with Gasteiger partial charge in [-0.15, -0.1) is 0 Å². The predicted octanol–water partition coefficient (Wildman–Crippen LogP) is 3.94. The lowest BCUT2D eigenvalue weighted by atomic mass is 10.3. The summed E-state index contributed by atoms with van der Waals surface area (Å²) in [4.78, 5) is 11.3. The Morgan fingerprint density at radius 1 is 1.13 bits per heavy atom. The van der Waals surface area contributed by atoms with E-state index in [4.69, 9.17) is 9.16 Å². The molecule has 0 radical (unpaired) electrons. The first-order valence-electron chi connectivity index (χ1n) is 5.93. The Kier molecular flexibility index (Phi) is 7.47. The van der Waals surface area contributed by atoms with Crippen LogP contribution in [0, 0.1) is 0 Å². The van der Waals surface area contributed by atoms with E-state index in [0.29, 0.717) is 6.61 Å². The van der Waals surface area contributed by atoms with Crippen LogP contribution in [0.25, 0.3) is 0 Å². The summed E-state index contributed by atoms with van der Waals surface area (Å²) >= 11 is 0. The van der Waals surface area contributed by atoms with Crippen molar-refractivity contribution in [1.29, 1.82) is 0 Å². The summed E-state index contributed by atoms with van der Waals surface area (Å²) in [7, 11) is -1.80. The van der Waals surface area contributed by atoms with E-state index in [0.717, 1.165) is 31.4 Å². The fourth-order valence-electron chi connectivity index (χ4n) is 1.13. The molecule has 0 fully saturated rings. The average molecular weight is 232 g/mol. The van der Waals surface area contributed by atoms with Gasteiger partial charge in [0.2, 0.25) is 0 Å². The van der Waals surface area contributed by atoms with Crippen molar-refractivity contribution >= 4 is 14.5 Å². The number of carbonyl (C=O) groups excluding carboxylic acids is 1. The first-order valence-corrected chi connectivity index (χ1v) is 8.76. The Bertz CT molecular complexity index is 179. The van der Waals surface area contributed by atoms with E-state index in [1.807, 2.05) is 0 Å². The molecule has 4 heteroatoms. The average Bonchev–Trinajstić information content (AvgIpc) is 2.24. The molecule has 0 bridgehead atoms. The van der Waals surface area contributed by atoms with E-state index in [-0.39, 0.29) is 0 Å². The van der Waals surface area contributed by atoms with Crippen molar-refractivity contribution in [2.75, 3.05) is 6.61 Å². The molecule has 0 saturated carbocycles. The van der Waals surface area contributed by atoms with Crippen molar-refractivity contribution in [3.8, 4) is 0 Å². The van der Waals surface area contributed by atoms with Crippen molar-refractivity contribution in [2.24, 2.45) is 0 Å². The SMILES string of the molecule is CCCCCOC(=O)O[Si](C)(CC)CC. The summed E-state index contributed by atoms with van der Waals surface area (Å²) in [6.45, 7) is 8.82. The predicted molar refractivity (Wildman–Crippen MR) is 64.5 cm³/mol. The van der Waals surface area contributed by atoms with Crippen LogP contribution in [-0.2, 0) is 9.16 Å². The topological polar surface area (TPSA) is 35.5 Å². The van der Waals surface area contributed by atoms with Crippen LogP contribution in [0.1, 0.15) is 40.0 Å². The van der Waals surface area contributed by atoms with Gasteiger partial charge in [-0.1, -0.05) is 33.6 Å². The smallest absolute Gasteiger partial charge is 0.489 e. The number of hydrogen-bond donors (Lipinski definition) is 0. The van der Waals surface area contributed by atoms with E-state index in [1.165, 1.54) is 0 Å². The van der Waals surface area contributed by atoms with Gasteiger partial charge >= 0.3 is 6.16 Å². The minimum absolute atomic E-state index is 0.469. The lowest BCUT2D eigenvalue weighted by molar-refractivity contribution is 0.0944. The second kappa shape index (κ2) is 7.74. The molecule has 90 valence electrons. The Morgan fingerprint density at radius 3 is 2.20 bits per heavy atom. The Hall–Kier alpha value is -0.513. The lowest BCUT2D eigenvalue weighted by Gasteiger charge is -2.23. The fraction of sp³-hybridized carbons (Fsp3) is 0.909. The van der Waals surface area contributed by atoms with Gasteiger partial charge in [0.1, 0.15) is 0 Å². The highest BCUT2D eigenvalue weighted by Crippen LogP contribution is 2.16. The molecule has 15 heavy (non-hydrogen) atoms. The number of ether oxygens (including phenoxy) is 1. The highest BCUT2D eigenvalue weighted by atomic mass is 28.4. The minimum atomic E-state index is -1.80. The summed E-state index contributed by atoms with van der Waals surface area (Å²) in [5, 5.41) is 0. The van der Waals surface area contributed by atoms with E-state index in [2.05, 4.69) is 27.3 Å². The Morgan fingerprint density at radius 2 is 1.73 bits per heavy atom. The van der Waals surface area contributed by atoms with E-state index < -0.39 is 14.5 Å². The molecule has 0 aliphatic carbocycles. The maximum absolute atomic E-state index is 11.3. The van der Waals surface area contributed by atoms with Gasteiger partial charge in [0.05, 0.1) is 6.61 Å². The van der Waals surface area contributed by atoms with Crippen LogP contribution in [0.2, 0.25) is 18.6 Å². The molecule has 0 heterocycles. The summed E-state index contributed by atoms with van der Waals surface area (Å²) in [6.07, 6.45) is 2.70. The maximum atomic E-state index is 11.3. The van der Waals surface area contributed by atoms with Gasteiger partial charge in [-0.3, -0.25) is 0 Å². The fourth-order valence-corrected chi connectivity index (χ4v) is 2.38. The van der Waals surface area contributed by atoms with Gasteiger partial charge in [-0.25, -0.2) is 4.79 Å². The van der Waals surface area contributed by atoms with Crippen molar-refractivity contribution in [2.45, 2.75) is 58.7 Å². The second-order valence-corrected chi connectivity index (χ2v) is 8.58. The van der Waals surface area contributed by atoms with Gasteiger partial charge in [0.15, 0.2) is 0 Å². The van der Waals surface area contributed by atoms with Gasteiger partial charge in [0.25, 0.3) is 8.32 Å². The van der Waals surface area contributed by atoms with Crippen molar-refractivity contribution in [3.05, 3.63) is 0 Å². The molecule has 0 aromatic carbocycles. The molecular weight excluding hydrogens is 208 g/mol. The first-order chi connectivity index (χ1) is 7.08. The van der Waals surface area contributed by atoms with Gasteiger partial charge in [-0.2, -0.15) is 0 Å². The lowest BCUT2D eigenvalue weighted by Crippen LogP contribution is -2.35. The highest BCUT2D eigenvalue weighted by molar-refractivity contribution is 6.73. The monoisotopic (exact) mass is 232 g/mol. The van der Waals surface area contributed by atoms with Crippen LogP contribution < -0.4 is 0 Å². The van der Waals surface area contributed by atoms with Crippen molar-refractivity contribution < 1.29 is 14.0 Å². The summed E-state index contributed by atoms with van der Waals surface area (Å²) < 4.78 is 10.4. The van der Waals surface area contributed by atoms with Crippen LogP contribution in [0.3, 0.4) is 0 Å². The number of hydrogen-bond acceptors (Lipinski definition) is 3. The minimum Gasteiger partial charge on any atom is -0.489 e. The van der Waals surface area contributed by atoms with Crippen LogP contribution in [0.4, 0.5) is 4.79 Å². The number of carbonyl (C=O) groups is 1. The standard InChI is InChI=1S/C11H24O3Si/c1-5-8-9-10-13-11(12)14-15(4,6-2)7-3/h5-10H2,1-4H3. The van der Waals surface area contributed by atoms with Crippen LogP contribution in [0.15, 0.2) is 0 Å². The number of unbranched alkanes of at least 4 members (excludes halogenated alkanes) is 2. The first kappa shape index (κ1) is 14.5. The quantitative estimate of drug-likeness (QED) is 0.379. The molecule has 0 spiro atoms. The zero-order valence-electron chi connectivity index (χ0n) is 10.5. The molecule has 0 N–H and O–H groups in total. The van der Waals surface area contributed by atoms with E-state index in [9.17, 15) is 4.79 Å². The van der Waals surface area contributed by atoms with Crippen molar-refractivity contribution in [1.82, 2.24) is 0 Å². The third-order valence-electron chi connectivity index (χ3n) is 2.79.